The zero-order chi connectivity index (χ0) is 12.3. The highest BCUT2D eigenvalue weighted by atomic mass is 19.3. The first-order valence-corrected chi connectivity index (χ1v) is 6.23. The lowest BCUT2D eigenvalue weighted by molar-refractivity contribution is 0.00172. The van der Waals surface area contributed by atoms with E-state index in [1.165, 1.54) is 0 Å². The molecule has 0 saturated heterocycles. The van der Waals surface area contributed by atoms with Crippen molar-refractivity contribution in [1.82, 2.24) is 5.32 Å². The summed E-state index contributed by atoms with van der Waals surface area (Å²) in [5, 5.41) is 3.15. The Morgan fingerprint density at radius 1 is 1.24 bits per heavy atom. The van der Waals surface area contributed by atoms with E-state index in [4.69, 9.17) is 0 Å². The highest BCUT2D eigenvalue weighted by Gasteiger charge is 2.44. The topological polar surface area (TPSA) is 12.0 Å². The van der Waals surface area contributed by atoms with Crippen LogP contribution in [0, 0.1) is 5.41 Å². The average molecular weight is 239 g/mol. The van der Waals surface area contributed by atoms with E-state index < -0.39 is 11.8 Å². The zero-order valence-electron chi connectivity index (χ0n) is 10.2. The fourth-order valence-corrected chi connectivity index (χ4v) is 2.59. The zero-order valence-corrected chi connectivity index (χ0v) is 10.2. The summed E-state index contributed by atoms with van der Waals surface area (Å²) in [7, 11) is 0. The van der Waals surface area contributed by atoms with Gasteiger partial charge < -0.3 is 5.32 Å². The largest absolute Gasteiger partial charge is 0.316 e. The number of nitrogens with one attached hydrogen (secondary N) is 1. The number of hydrogen-bond donors (Lipinski definition) is 1. The summed E-state index contributed by atoms with van der Waals surface area (Å²) in [5.41, 5.74) is 1.29. The normalized spacial score (nSPS) is 17.4. The molecule has 0 aromatic heterocycles. The summed E-state index contributed by atoms with van der Waals surface area (Å²) in [5.74, 6) is 0. The van der Waals surface area contributed by atoms with E-state index in [9.17, 15) is 8.78 Å². The molecule has 0 spiro atoms. The van der Waals surface area contributed by atoms with Gasteiger partial charge in [0.2, 0.25) is 6.43 Å². The van der Waals surface area contributed by atoms with E-state index in [0.717, 1.165) is 24.1 Å². The lowest BCUT2D eigenvalue weighted by Crippen LogP contribution is -2.41. The van der Waals surface area contributed by atoms with E-state index in [2.05, 4.69) is 5.32 Å². The Morgan fingerprint density at radius 3 is 2.29 bits per heavy atom. The summed E-state index contributed by atoms with van der Waals surface area (Å²) < 4.78 is 26.7. The lowest BCUT2D eigenvalue weighted by atomic mass is 9.85. The summed E-state index contributed by atoms with van der Waals surface area (Å²) in [6.07, 6.45) is -0.291. The van der Waals surface area contributed by atoms with Crippen LogP contribution in [0.25, 0.3) is 0 Å². The highest BCUT2D eigenvalue weighted by molar-refractivity contribution is 5.34. The van der Waals surface area contributed by atoms with Gasteiger partial charge in [-0.2, -0.15) is 0 Å². The van der Waals surface area contributed by atoms with Gasteiger partial charge in [-0.3, -0.25) is 0 Å². The van der Waals surface area contributed by atoms with Crippen molar-refractivity contribution in [2.45, 2.75) is 32.6 Å². The average Bonchev–Trinajstić information content (AvgIpc) is 2.69. The summed E-state index contributed by atoms with van der Waals surface area (Å²) >= 11 is 0. The Bertz CT molecular complexity index is 351. The molecule has 1 aliphatic rings. The molecule has 0 saturated carbocycles. The summed E-state index contributed by atoms with van der Waals surface area (Å²) in [4.78, 5) is 0. The van der Waals surface area contributed by atoms with E-state index in [1.54, 1.807) is 0 Å². The van der Waals surface area contributed by atoms with E-state index >= 15 is 0 Å². The molecule has 94 valence electrons. The molecule has 1 aromatic rings. The molecule has 1 aromatic carbocycles. The maximum Gasteiger partial charge on any atom is 0.246 e. The number of halogens is 2. The van der Waals surface area contributed by atoms with Gasteiger partial charge >= 0.3 is 0 Å². The molecule has 0 atom stereocenters. The third kappa shape index (κ3) is 2.49. The second-order valence-electron chi connectivity index (χ2n) is 4.96. The van der Waals surface area contributed by atoms with Crippen molar-refractivity contribution in [3.05, 3.63) is 35.4 Å². The van der Waals surface area contributed by atoms with Gasteiger partial charge in [0.25, 0.3) is 0 Å². The molecule has 1 nitrogen and oxygen atoms in total. The van der Waals surface area contributed by atoms with Gasteiger partial charge in [-0.05, 0) is 36.9 Å². The van der Waals surface area contributed by atoms with Gasteiger partial charge in [-0.1, -0.05) is 31.2 Å². The van der Waals surface area contributed by atoms with Crippen molar-refractivity contribution in [2.75, 3.05) is 13.1 Å². The maximum absolute atomic E-state index is 13.3. The van der Waals surface area contributed by atoms with Crippen molar-refractivity contribution >= 4 is 0 Å². The first-order chi connectivity index (χ1) is 8.18. The van der Waals surface area contributed by atoms with Crippen molar-refractivity contribution in [3.8, 4) is 0 Å². The van der Waals surface area contributed by atoms with Crippen LogP contribution in [0.2, 0.25) is 0 Å². The van der Waals surface area contributed by atoms with Crippen molar-refractivity contribution < 1.29 is 8.78 Å². The lowest BCUT2D eigenvalue weighted by Gasteiger charge is -2.28. The maximum atomic E-state index is 13.3. The highest BCUT2D eigenvalue weighted by Crippen LogP contribution is 2.41. The Balaban J connectivity index is 2.11. The van der Waals surface area contributed by atoms with Gasteiger partial charge in [0.05, 0.1) is 5.41 Å². The fraction of sp³-hybridized carbons (Fsp3) is 0.571. The Labute approximate surface area is 101 Å². The minimum Gasteiger partial charge on any atom is -0.316 e. The first-order valence-electron chi connectivity index (χ1n) is 6.23. The van der Waals surface area contributed by atoms with Crippen molar-refractivity contribution in [1.29, 1.82) is 0 Å². The standard InChI is InChI=1S/C14H19F2N/c1-2-7-17-10-14(13(15)16)8-11-5-3-4-6-12(11)9-14/h3-6,13,17H,2,7-10H2,1H3. The monoisotopic (exact) mass is 239 g/mol. The van der Waals surface area contributed by atoms with Crippen LogP contribution < -0.4 is 5.32 Å². The molecule has 0 bridgehead atoms. The Morgan fingerprint density at radius 2 is 1.82 bits per heavy atom. The quantitative estimate of drug-likeness (QED) is 0.779. The minimum atomic E-state index is -2.26. The van der Waals surface area contributed by atoms with Crippen LogP contribution in [0.15, 0.2) is 24.3 Å². The van der Waals surface area contributed by atoms with Crippen LogP contribution in [-0.2, 0) is 12.8 Å². The molecule has 0 amide bonds. The third-order valence-corrected chi connectivity index (χ3v) is 3.57. The smallest absolute Gasteiger partial charge is 0.246 e. The van der Waals surface area contributed by atoms with Crippen LogP contribution in [0.1, 0.15) is 24.5 Å². The molecule has 0 fully saturated rings. The first kappa shape index (κ1) is 12.5. The molecule has 2 rings (SSSR count). The molecule has 0 unspecified atom stereocenters. The van der Waals surface area contributed by atoms with Crippen LogP contribution in [0.4, 0.5) is 8.78 Å². The van der Waals surface area contributed by atoms with Gasteiger partial charge in [0.1, 0.15) is 0 Å². The molecular weight excluding hydrogens is 220 g/mol. The molecule has 0 aliphatic heterocycles. The number of benzene rings is 1. The molecular formula is C14H19F2N. The molecule has 1 aliphatic carbocycles. The second-order valence-corrected chi connectivity index (χ2v) is 4.96. The number of hydrogen-bond acceptors (Lipinski definition) is 1. The van der Waals surface area contributed by atoms with Crippen molar-refractivity contribution in [2.24, 2.45) is 5.41 Å². The van der Waals surface area contributed by atoms with Crippen LogP contribution in [0.3, 0.4) is 0 Å². The number of alkyl halides is 2. The SMILES string of the molecule is CCCNCC1(C(F)F)Cc2ccccc2C1. The van der Waals surface area contributed by atoms with Gasteiger partial charge in [0, 0.05) is 6.54 Å². The number of fused-ring (bicyclic) bond motifs is 1. The fourth-order valence-electron chi connectivity index (χ4n) is 2.59. The van der Waals surface area contributed by atoms with E-state index in [0.29, 0.717) is 19.4 Å². The molecule has 0 radical (unpaired) electrons. The second kappa shape index (κ2) is 5.13. The van der Waals surface area contributed by atoms with Crippen LogP contribution in [-0.4, -0.2) is 19.5 Å². The predicted molar refractivity (Wildman–Crippen MR) is 65.4 cm³/mol. The van der Waals surface area contributed by atoms with Gasteiger partial charge in [-0.15, -0.1) is 0 Å². The minimum absolute atomic E-state index is 0.410. The van der Waals surface area contributed by atoms with E-state index in [1.807, 2.05) is 31.2 Å². The van der Waals surface area contributed by atoms with Gasteiger partial charge in [-0.25, -0.2) is 8.78 Å². The summed E-state index contributed by atoms with van der Waals surface area (Å²) in [6.45, 7) is 3.27. The molecule has 17 heavy (non-hydrogen) atoms. The molecule has 3 heteroatoms. The van der Waals surface area contributed by atoms with Crippen molar-refractivity contribution in [3.63, 3.8) is 0 Å². The predicted octanol–water partition coefficient (Wildman–Crippen LogP) is 3.04. The van der Waals surface area contributed by atoms with Gasteiger partial charge in [0.15, 0.2) is 0 Å². The number of rotatable bonds is 5. The molecule has 0 heterocycles. The van der Waals surface area contributed by atoms with Crippen LogP contribution in [0.5, 0.6) is 0 Å². The van der Waals surface area contributed by atoms with Crippen LogP contribution >= 0.6 is 0 Å². The third-order valence-electron chi connectivity index (χ3n) is 3.57. The Hall–Kier alpha value is -0.960. The molecule has 1 N–H and O–H groups in total. The van der Waals surface area contributed by atoms with E-state index in [-0.39, 0.29) is 0 Å². The summed E-state index contributed by atoms with van der Waals surface area (Å²) in [6, 6.07) is 7.80. The Kier molecular flexibility index (Phi) is 3.77.